The average molecular weight is 239 g/mol. The molecule has 0 aliphatic heterocycles. The van der Waals surface area contributed by atoms with Crippen LogP contribution in [0, 0.1) is 17.1 Å². The van der Waals surface area contributed by atoms with E-state index < -0.39 is 24.0 Å². The lowest BCUT2D eigenvalue weighted by Crippen LogP contribution is -2.17. The summed E-state index contributed by atoms with van der Waals surface area (Å²) in [4.78, 5) is 10.5. The zero-order chi connectivity index (χ0) is 13.0. The van der Waals surface area contributed by atoms with E-state index in [9.17, 15) is 14.3 Å². The number of aliphatic carboxylic acids is 1. The van der Waals surface area contributed by atoms with Gasteiger partial charge in [0.15, 0.2) is 6.10 Å². The Balaban J connectivity index is 3.06. The predicted octanol–water partition coefficient (Wildman–Crippen LogP) is 0.371. The van der Waals surface area contributed by atoms with E-state index >= 15 is 0 Å². The fraction of sp³-hybridized carbons (Fsp3) is 0.273. The van der Waals surface area contributed by atoms with Crippen molar-refractivity contribution in [2.75, 3.05) is 0 Å². The summed E-state index contributed by atoms with van der Waals surface area (Å²) in [5.41, 5.74) is -0.0177. The summed E-state index contributed by atoms with van der Waals surface area (Å²) in [6, 6.07) is 4.74. The molecule has 1 aromatic rings. The number of carbonyl (C=O) groups is 1. The number of carboxylic acids is 1. The summed E-state index contributed by atoms with van der Waals surface area (Å²) in [6.45, 7) is 0. The summed E-state index contributed by atoms with van der Waals surface area (Å²) in [5.74, 6) is -1.90. The number of nitriles is 1. The molecule has 0 aliphatic carbocycles. The Morgan fingerprint density at radius 2 is 2.12 bits per heavy atom. The summed E-state index contributed by atoms with van der Waals surface area (Å²) in [5, 5.41) is 35.5. The third kappa shape index (κ3) is 3.24. The van der Waals surface area contributed by atoms with Crippen LogP contribution in [0.3, 0.4) is 0 Å². The number of aliphatic hydroxyl groups excluding tert-OH is 2. The van der Waals surface area contributed by atoms with Crippen LogP contribution in [0.2, 0.25) is 0 Å². The molecule has 0 aromatic heterocycles. The molecule has 0 radical (unpaired) electrons. The predicted molar refractivity (Wildman–Crippen MR) is 54.3 cm³/mol. The highest BCUT2D eigenvalue weighted by Crippen LogP contribution is 2.21. The molecule has 0 fully saturated rings. The Bertz CT molecular complexity index is 469. The normalized spacial score (nSPS) is 13.8. The molecular weight excluding hydrogens is 229 g/mol. The summed E-state index contributed by atoms with van der Waals surface area (Å²) >= 11 is 0. The largest absolute Gasteiger partial charge is 0.481 e. The van der Waals surface area contributed by atoms with Gasteiger partial charge in [-0.05, 0) is 17.7 Å². The van der Waals surface area contributed by atoms with Gasteiger partial charge in [0.05, 0.1) is 12.5 Å². The Kier molecular flexibility index (Phi) is 4.15. The van der Waals surface area contributed by atoms with Crippen molar-refractivity contribution in [2.45, 2.75) is 18.6 Å². The lowest BCUT2D eigenvalue weighted by molar-refractivity contribution is -0.136. The molecule has 6 heteroatoms. The van der Waals surface area contributed by atoms with E-state index in [1.54, 1.807) is 0 Å². The van der Waals surface area contributed by atoms with Gasteiger partial charge in [-0.3, -0.25) is 4.79 Å². The molecule has 5 nitrogen and oxygen atoms in total. The van der Waals surface area contributed by atoms with Gasteiger partial charge in [-0.1, -0.05) is 6.07 Å². The van der Waals surface area contributed by atoms with Gasteiger partial charge in [-0.25, -0.2) is 4.39 Å². The quantitative estimate of drug-likeness (QED) is 0.659. The van der Waals surface area contributed by atoms with E-state index in [1.165, 1.54) is 12.1 Å². The highest BCUT2D eigenvalue weighted by atomic mass is 19.1. The number of hydrogen-bond acceptors (Lipinski definition) is 4. The Morgan fingerprint density at radius 1 is 1.47 bits per heavy atom. The van der Waals surface area contributed by atoms with Crippen molar-refractivity contribution in [2.24, 2.45) is 0 Å². The zero-order valence-corrected chi connectivity index (χ0v) is 8.67. The van der Waals surface area contributed by atoms with Crippen molar-refractivity contribution in [1.29, 1.82) is 5.26 Å². The summed E-state index contributed by atoms with van der Waals surface area (Å²) in [7, 11) is 0. The molecule has 0 bridgehead atoms. The maximum Gasteiger partial charge on any atom is 0.307 e. The van der Waals surface area contributed by atoms with E-state index in [4.69, 9.17) is 15.5 Å². The van der Waals surface area contributed by atoms with Crippen molar-refractivity contribution in [3.63, 3.8) is 0 Å². The fourth-order valence-corrected chi connectivity index (χ4v) is 1.35. The third-order valence-corrected chi connectivity index (χ3v) is 2.17. The van der Waals surface area contributed by atoms with Crippen LogP contribution in [-0.4, -0.2) is 27.4 Å². The first-order valence-corrected chi connectivity index (χ1v) is 4.71. The molecule has 90 valence electrons. The molecule has 0 saturated carbocycles. The molecule has 0 spiro atoms. The van der Waals surface area contributed by atoms with Crippen LogP contribution in [0.5, 0.6) is 0 Å². The lowest BCUT2D eigenvalue weighted by atomic mass is 10.0. The molecule has 2 unspecified atom stereocenters. The van der Waals surface area contributed by atoms with Gasteiger partial charge in [-0.2, -0.15) is 5.26 Å². The second kappa shape index (κ2) is 5.39. The second-order valence-electron chi connectivity index (χ2n) is 3.45. The molecule has 0 saturated heterocycles. The van der Waals surface area contributed by atoms with E-state index in [1.807, 2.05) is 0 Å². The number of aliphatic hydroxyl groups is 2. The lowest BCUT2D eigenvalue weighted by Gasteiger charge is -2.13. The molecule has 17 heavy (non-hydrogen) atoms. The molecular formula is C11H10FNO4. The smallest absolute Gasteiger partial charge is 0.307 e. The van der Waals surface area contributed by atoms with E-state index in [2.05, 4.69) is 0 Å². The molecule has 3 N–H and O–H groups in total. The number of nitrogens with zero attached hydrogens (tertiary/aromatic N) is 1. The van der Waals surface area contributed by atoms with Crippen LogP contribution < -0.4 is 0 Å². The van der Waals surface area contributed by atoms with E-state index in [0.717, 1.165) is 12.1 Å². The molecule has 0 amide bonds. The molecule has 2 atom stereocenters. The molecule has 1 aromatic carbocycles. The first kappa shape index (κ1) is 13.1. The number of halogens is 1. The first-order chi connectivity index (χ1) is 7.95. The van der Waals surface area contributed by atoms with Gasteiger partial charge in [0.25, 0.3) is 0 Å². The molecule has 1 rings (SSSR count). The van der Waals surface area contributed by atoms with Gasteiger partial charge in [0.1, 0.15) is 11.9 Å². The van der Waals surface area contributed by atoms with Crippen molar-refractivity contribution >= 4 is 5.97 Å². The van der Waals surface area contributed by atoms with Crippen LogP contribution in [0.4, 0.5) is 4.39 Å². The second-order valence-corrected chi connectivity index (χ2v) is 3.45. The van der Waals surface area contributed by atoms with Crippen LogP contribution in [0.25, 0.3) is 0 Å². The maximum absolute atomic E-state index is 13.3. The number of hydrogen-bond donors (Lipinski definition) is 3. The van der Waals surface area contributed by atoms with E-state index in [0.29, 0.717) is 0 Å². The van der Waals surface area contributed by atoms with Crippen LogP contribution in [0.1, 0.15) is 17.2 Å². The highest BCUT2D eigenvalue weighted by molar-refractivity contribution is 5.70. The van der Waals surface area contributed by atoms with Crippen molar-refractivity contribution in [3.05, 3.63) is 35.1 Å². The average Bonchev–Trinajstić information content (AvgIpc) is 2.29. The SMILES string of the molecule is N#CC(O)C(O)c1cc(CC(=O)O)ccc1F. The van der Waals surface area contributed by atoms with Gasteiger partial charge in [0, 0.05) is 5.56 Å². The minimum atomic E-state index is -1.76. The topological polar surface area (TPSA) is 102 Å². The fourth-order valence-electron chi connectivity index (χ4n) is 1.35. The summed E-state index contributed by atoms with van der Waals surface area (Å²) < 4.78 is 13.3. The third-order valence-electron chi connectivity index (χ3n) is 2.17. The zero-order valence-electron chi connectivity index (χ0n) is 8.67. The van der Waals surface area contributed by atoms with Crippen molar-refractivity contribution < 1.29 is 24.5 Å². The Hall–Kier alpha value is -1.97. The Labute approximate surface area is 96.4 Å². The van der Waals surface area contributed by atoms with Gasteiger partial charge in [-0.15, -0.1) is 0 Å². The minimum absolute atomic E-state index is 0.276. The van der Waals surface area contributed by atoms with Crippen molar-refractivity contribution in [3.8, 4) is 6.07 Å². The van der Waals surface area contributed by atoms with Crippen molar-refractivity contribution in [1.82, 2.24) is 0 Å². The van der Waals surface area contributed by atoms with E-state index in [-0.39, 0.29) is 17.5 Å². The van der Waals surface area contributed by atoms with Crippen LogP contribution in [-0.2, 0) is 11.2 Å². The minimum Gasteiger partial charge on any atom is -0.481 e. The Morgan fingerprint density at radius 3 is 2.65 bits per heavy atom. The number of carboxylic acid groups (broad SMARTS) is 1. The highest BCUT2D eigenvalue weighted by Gasteiger charge is 2.21. The van der Waals surface area contributed by atoms with Gasteiger partial charge >= 0.3 is 5.97 Å². The van der Waals surface area contributed by atoms with Gasteiger partial charge < -0.3 is 15.3 Å². The number of benzene rings is 1. The monoisotopic (exact) mass is 239 g/mol. The van der Waals surface area contributed by atoms with Crippen LogP contribution in [0.15, 0.2) is 18.2 Å². The standard InChI is InChI=1S/C11H10FNO4/c12-8-2-1-6(4-10(15)16)3-7(8)11(17)9(14)5-13/h1-3,9,11,14,17H,4H2,(H,15,16). The molecule has 0 heterocycles. The number of rotatable bonds is 4. The first-order valence-electron chi connectivity index (χ1n) is 4.71. The van der Waals surface area contributed by atoms with Crippen LogP contribution >= 0.6 is 0 Å². The summed E-state index contributed by atoms with van der Waals surface area (Å²) in [6.07, 6.45) is -3.79. The maximum atomic E-state index is 13.3. The van der Waals surface area contributed by atoms with Gasteiger partial charge in [0.2, 0.25) is 0 Å². The molecule has 0 aliphatic rings.